The molecule has 0 aliphatic heterocycles. The van der Waals surface area contributed by atoms with Gasteiger partial charge in [0.15, 0.2) is 10.3 Å². The maximum Gasteiger partial charge on any atom is 0.262 e. The standard InChI is InChI=1S/C21H22Cl2N4O2S/c1-12(2)8-10-27-20(29)15-7-6-14(22)11-17(15)26-21(27)30-13(3)19(28)25-16-5-4-9-24-18(16)23/h4-7,9,11-13H,8,10H2,1-3H3,(H,25,28). The first-order valence-corrected chi connectivity index (χ1v) is 11.2. The highest BCUT2D eigenvalue weighted by Crippen LogP contribution is 2.26. The van der Waals surface area contributed by atoms with E-state index in [0.29, 0.717) is 39.2 Å². The van der Waals surface area contributed by atoms with Gasteiger partial charge in [-0.15, -0.1) is 0 Å². The fourth-order valence-corrected chi connectivity index (χ4v) is 4.04. The Hall–Kier alpha value is -2.09. The van der Waals surface area contributed by atoms with Crippen molar-refractivity contribution in [1.82, 2.24) is 14.5 Å². The first kappa shape index (κ1) is 22.6. The minimum atomic E-state index is -0.518. The molecule has 2 heterocycles. The molecule has 1 unspecified atom stereocenters. The summed E-state index contributed by atoms with van der Waals surface area (Å²) in [6.07, 6.45) is 2.37. The van der Waals surface area contributed by atoms with Crippen molar-refractivity contribution >= 4 is 57.5 Å². The molecule has 30 heavy (non-hydrogen) atoms. The fourth-order valence-electron chi connectivity index (χ4n) is 2.77. The van der Waals surface area contributed by atoms with Crippen molar-refractivity contribution in [1.29, 1.82) is 0 Å². The molecule has 0 fully saturated rings. The van der Waals surface area contributed by atoms with Gasteiger partial charge in [-0.1, -0.05) is 48.8 Å². The van der Waals surface area contributed by atoms with Crippen molar-refractivity contribution in [2.45, 2.75) is 44.1 Å². The Morgan fingerprint density at radius 3 is 2.70 bits per heavy atom. The molecule has 158 valence electrons. The molecule has 6 nitrogen and oxygen atoms in total. The molecule has 0 saturated carbocycles. The van der Waals surface area contributed by atoms with Crippen molar-refractivity contribution in [3.05, 3.63) is 57.1 Å². The quantitative estimate of drug-likeness (QED) is 0.293. The number of rotatable bonds is 7. The summed E-state index contributed by atoms with van der Waals surface area (Å²) in [6, 6.07) is 8.40. The molecule has 0 aliphatic carbocycles. The van der Waals surface area contributed by atoms with E-state index in [1.54, 1.807) is 48.0 Å². The Balaban J connectivity index is 1.92. The number of hydrogen-bond acceptors (Lipinski definition) is 5. The number of carbonyl (C=O) groups excluding carboxylic acids is 1. The number of nitrogens with zero attached hydrogens (tertiary/aromatic N) is 3. The van der Waals surface area contributed by atoms with E-state index in [9.17, 15) is 9.59 Å². The van der Waals surface area contributed by atoms with Gasteiger partial charge in [0.2, 0.25) is 5.91 Å². The van der Waals surface area contributed by atoms with E-state index in [0.717, 1.165) is 6.42 Å². The Kier molecular flexibility index (Phi) is 7.39. The van der Waals surface area contributed by atoms with E-state index in [1.807, 2.05) is 0 Å². The van der Waals surface area contributed by atoms with Crippen molar-refractivity contribution in [3.63, 3.8) is 0 Å². The predicted molar refractivity (Wildman–Crippen MR) is 124 cm³/mol. The molecule has 9 heteroatoms. The second kappa shape index (κ2) is 9.81. The van der Waals surface area contributed by atoms with E-state index in [-0.39, 0.29) is 16.6 Å². The Morgan fingerprint density at radius 1 is 1.23 bits per heavy atom. The van der Waals surface area contributed by atoms with E-state index >= 15 is 0 Å². The average molecular weight is 465 g/mol. The topological polar surface area (TPSA) is 76.9 Å². The lowest BCUT2D eigenvalue weighted by Crippen LogP contribution is -2.27. The number of halogens is 2. The van der Waals surface area contributed by atoms with Crippen LogP contribution in [0.1, 0.15) is 27.2 Å². The van der Waals surface area contributed by atoms with E-state index < -0.39 is 5.25 Å². The summed E-state index contributed by atoms with van der Waals surface area (Å²) in [7, 11) is 0. The highest BCUT2D eigenvalue weighted by molar-refractivity contribution is 8.00. The van der Waals surface area contributed by atoms with Gasteiger partial charge in [0, 0.05) is 17.8 Å². The number of anilines is 1. The van der Waals surface area contributed by atoms with E-state index in [4.69, 9.17) is 23.2 Å². The third kappa shape index (κ3) is 5.33. The van der Waals surface area contributed by atoms with Crippen LogP contribution in [0.2, 0.25) is 10.2 Å². The minimum absolute atomic E-state index is 0.136. The second-order valence-electron chi connectivity index (χ2n) is 7.29. The molecule has 3 rings (SSSR count). The Bertz CT molecular complexity index is 1130. The molecule has 1 N–H and O–H groups in total. The van der Waals surface area contributed by atoms with Gasteiger partial charge in [0.25, 0.3) is 5.56 Å². The lowest BCUT2D eigenvalue weighted by molar-refractivity contribution is -0.115. The molecular formula is C21H22Cl2N4O2S. The second-order valence-corrected chi connectivity index (χ2v) is 9.39. The zero-order valence-corrected chi connectivity index (χ0v) is 19.2. The van der Waals surface area contributed by atoms with Gasteiger partial charge < -0.3 is 5.32 Å². The number of carbonyl (C=O) groups is 1. The summed E-state index contributed by atoms with van der Waals surface area (Å²) >= 11 is 13.3. The molecule has 0 aliphatic rings. The van der Waals surface area contributed by atoms with Crippen LogP contribution in [0.4, 0.5) is 5.69 Å². The van der Waals surface area contributed by atoms with Crippen LogP contribution in [0.15, 0.2) is 46.5 Å². The number of benzene rings is 1. The first-order valence-electron chi connectivity index (χ1n) is 9.54. The molecule has 1 aromatic carbocycles. The van der Waals surface area contributed by atoms with Crippen LogP contribution in [-0.4, -0.2) is 25.7 Å². The molecular weight excluding hydrogens is 443 g/mol. The summed E-state index contributed by atoms with van der Waals surface area (Å²) in [5, 5.41) is 3.96. The SMILES string of the molecule is CC(C)CCn1c(SC(C)C(=O)Nc2cccnc2Cl)nc2cc(Cl)ccc2c1=O. The number of fused-ring (bicyclic) bond motifs is 1. The smallest absolute Gasteiger partial charge is 0.262 e. The summed E-state index contributed by atoms with van der Waals surface area (Å²) in [6.45, 7) is 6.47. The van der Waals surface area contributed by atoms with Gasteiger partial charge in [-0.05, 0) is 49.6 Å². The van der Waals surface area contributed by atoms with Crippen molar-refractivity contribution < 1.29 is 4.79 Å². The van der Waals surface area contributed by atoms with Gasteiger partial charge in [-0.2, -0.15) is 0 Å². The number of thioether (sulfide) groups is 1. The lowest BCUT2D eigenvalue weighted by atomic mass is 10.1. The van der Waals surface area contributed by atoms with Gasteiger partial charge in [0.1, 0.15) is 0 Å². The minimum Gasteiger partial charge on any atom is -0.322 e. The fraction of sp³-hybridized carbons (Fsp3) is 0.333. The number of amides is 1. The molecule has 3 aromatic rings. The van der Waals surface area contributed by atoms with Crippen LogP contribution < -0.4 is 10.9 Å². The Labute approximate surface area is 189 Å². The average Bonchev–Trinajstić information content (AvgIpc) is 2.68. The normalized spacial score (nSPS) is 12.3. The van der Waals surface area contributed by atoms with Crippen LogP contribution in [0.3, 0.4) is 0 Å². The molecule has 1 amide bonds. The maximum absolute atomic E-state index is 13.1. The monoisotopic (exact) mass is 464 g/mol. The summed E-state index contributed by atoms with van der Waals surface area (Å²) in [5.74, 6) is 0.162. The van der Waals surface area contributed by atoms with Gasteiger partial charge in [-0.3, -0.25) is 14.2 Å². The van der Waals surface area contributed by atoms with E-state index in [2.05, 4.69) is 29.1 Å². The first-order chi connectivity index (χ1) is 14.3. The molecule has 0 radical (unpaired) electrons. The van der Waals surface area contributed by atoms with Gasteiger partial charge in [-0.25, -0.2) is 9.97 Å². The molecule has 0 bridgehead atoms. The van der Waals surface area contributed by atoms with Crippen LogP contribution in [0.25, 0.3) is 10.9 Å². The number of pyridine rings is 1. The summed E-state index contributed by atoms with van der Waals surface area (Å²) in [5.41, 5.74) is 0.813. The van der Waals surface area contributed by atoms with Crippen LogP contribution in [0, 0.1) is 5.92 Å². The third-order valence-electron chi connectivity index (χ3n) is 4.48. The highest BCUT2D eigenvalue weighted by atomic mass is 35.5. The predicted octanol–water partition coefficient (Wildman–Crippen LogP) is 5.26. The Morgan fingerprint density at radius 2 is 2.00 bits per heavy atom. The van der Waals surface area contributed by atoms with Crippen LogP contribution in [-0.2, 0) is 11.3 Å². The highest BCUT2D eigenvalue weighted by Gasteiger charge is 2.20. The lowest BCUT2D eigenvalue weighted by Gasteiger charge is -2.17. The molecule has 0 saturated heterocycles. The third-order valence-corrected chi connectivity index (χ3v) is 6.11. The summed E-state index contributed by atoms with van der Waals surface area (Å²) < 4.78 is 1.64. The van der Waals surface area contributed by atoms with Crippen molar-refractivity contribution in [3.8, 4) is 0 Å². The van der Waals surface area contributed by atoms with Crippen molar-refractivity contribution in [2.75, 3.05) is 5.32 Å². The number of aromatic nitrogens is 3. The van der Waals surface area contributed by atoms with Crippen molar-refractivity contribution in [2.24, 2.45) is 5.92 Å². The molecule has 0 spiro atoms. The number of hydrogen-bond donors (Lipinski definition) is 1. The zero-order chi connectivity index (χ0) is 21.8. The zero-order valence-electron chi connectivity index (χ0n) is 16.9. The van der Waals surface area contributed by atoms with Crippen LogP contribution in [0.5, 0.6) is 0 Å². The largest absolute Gasteiger partial charge is 0.322 e. The summed E-state index contributed by atoms with van der Waals surface area (Å²) in [4.78, 5) is 34.4. The van der Waals surface area contributed by atoms with Gasteiger partial charge >= 0.3 is 0 Å². The van der Waals surface area contributed by atoms with Gasteiger partial charge in [0.05, 0.1) is 21.8 Å². The molecule has 1 atom stereocenters. The number of nitrogens with one attached hydrogen (secondary N) is 1. The maximum atomic E-state index is 13.1. The van der Waals surface area contributed by atoms with E-state index in [1.165, 1.54) is 11.8 Å². The van der Waals surface area contributed by atoms with Crippen LogP contribution >= 0.6 is 35.0 Å². The molecule has 2 aromatic heterocycles.